The number of halogens is 1. The van der Waals surface area contributed by atoms with Crippen LogP contribution in [0.3, 0.4) is 0 Å². The van der Waals surface area contributed by atoms with Crippen LogP contribution >= 0.6 is 24.0 Å². The lowest BCUT2D eigenvalue weighted by atomic mass is 10.1. The molecule has 0 unspecified atom stereocenters. The molecule has 0 spiro atoms. The molecule has 0 amide bonds. The van der Waals surface area contributed by atoms with Crippen molar-refractivity contribution in [2.75, 3.05) is 27.8 Å². The molecule has 0 atom stereocenters. The molecule has 3 rings (SSSR count). The van der Waals surface area contributed by atoms with Crippen molar-refractivity contribution in [3.05, 3.63) is 71.5 Å². The Morgan fingerprint density at radius 2 is 1.81 bits per heavy atom. The van der Waals surface area contributed by atoms with E-state index in [1.165, 1.54) is 5.56 Å². The van der Waals surface area contributed by atoms with E-state index in [1.54, 1.807) is 21.3 Å². The fourth-order valence-corrected chi connectivity index (χ4v) is 3.34. The van der Waals surface area contributed by atoms with E-state index in [0.717, 1.165) is 53.8 Å². The number of aromatic nitrogens is 2. The van der Waals surface area contributed by atoms with E-state index in [2.05, 4.69) is 46.0 Å². The van der Waals surface area contributed by atoms with Gasteiger partial charge in [0.15, 0.2) is 5.96 Å². The summed E-state index contributed by atoms with van der Waals surface area (Å²) >= 11 is 0. The minimum Gasteiger partial charge on any atom is -0.497 e. The maximum absolute atomic E-state index is 5.46. The van der Waals surface area contributed by atoms with Gasteiger partial charge in [0, 0.05) is 38.0 Å². The van der Waals surface area contributed by atoms with Crippen LogP contribution in [0.25, 0.3) is 5.69 Å². The molecule has 2 aromatic carbocycles. The van der Waals surface area contributed by atoms with Crippen molar-refractivity contribution in [2.45, 2.75) is 26.3 Å². The Morgan fingerprint density at radius 3 is 2.50 bits per heavy atom. The first-order valence-corrected chi connectivity index (χ1v) is 10.4. The second kappa shape index (κ2) is 12.9. The fourth-order valence-electron chi connectivity index (χ4n) is 3.34. The summed E-state index contributed by atoms with van der Waals surface area (Å²) < 4.78 is 12.7. The zero-order valence-electron chi connectivity index (χ0n) is 19.1. The van der Waals surface area contributed by atoms with Crippen LogP contribution in [0.5, 0.6) is 11.5 Å². The molecule has 0 fully saturated rings. The molecule has 2 N–H and O–H groups in total. The van der Waals surface area contributed by atoms with Gasteiger partial charge in [-0.3, -0.25) is 4.99 Å². The molecule has 0 bridgehead atoms. The summed E-state index contributed by atoms with van der Waals surface area (Å²) in [5.41, 5.74) is 4.44. The summed E-state index contributed by atoms with van der Waals surface area (Å²) in [5, 5.41) is 11.4. The average molecular weight is 549 g/mol. The Hall–Kier alpha value is -2.75. The molecule has 172 valence electrons. The van der Waals surface area contributed by atoms with Gasteiger partial charge < -0.3 is 20.1 Å². The van der Waals surface area contributed by atoms with Gasteiger partial charge in [-0.05, 0) is 49.6 Å². The Morgan fingerprint density at radius 1 is 1.03 bits per heavy atom. The van der Waals surface area contributed by atoms with Crippen molar-refractivity contribution < 1.29 is 9.47 Å². The van der Waals surface area contributed by atoms with E-state index in [-0.39, 0.29) is 24.0 Å². The number of guanidine groups is 1. The van der Waals surface area contributed by atoms with Crippen LogP contribution in [0.4, 0.5) is 0 Å². The van der Waals surface area contributed by atoms with Crippen LogP contribution in [0.15, 0.2) is 59.7 Å². The number of ether oxygens (including phenoxy) is 2. The predicted molar refractivity (Wildman–Crippen MR) is 140 cm³/mol. The first kappa shape index (κ1) is 25.5. The van der Waals surface area contributed by atoms with E-state index in [1.807, 2.05) is 41.1 Å². The Labute approximate surface area is 207 Å². The number of benzene rings is 2. The minimum atomic E-state index is 0. The van der Waals surface area contributed by atoms with Crippen LogP contribution in [0.1, 0.15) is 23.2 Å². The SMILES string of the molecule is CN=C(NCCCc1cn(-c2ccccc2)nc1C)NCc1ccc(OC)cc1OC.I. The molecule has 0 radical (unpaired) electrons. The van der Waals surface area contributed by atoms with Crippen LogP contribution < -0.4 is 20.1 Å². The van der Waals surface area contributed by atoms with Crippen LogP contribution in [-0.4, -0.2) is 43.6 Å². The molecule has 0 aliphatic heterocycles. The summed E-state index contributed by atoms with van der Waals surface area (Å²) in [6, 6.07) is 16.0. The normalized spacial score (nSPS) is 10.9. The third kappa shape index (κ3) is 6.88. The largest absolute Gasteiger partial charge is 0.497 e. The molecular weight excluding hydrogens is 517 g/mol. The average Bonchev–Trinajstić information content (AvgIpc) is 3.19. The minimum absolute atomic E-state index is 0. The van der Waals surface area contributed by atoms with E-state index in [9.17, 15) is 0 Å². The summed E-state index contributed by atoms with van der Waals surface area (Å²) in [4.78, 5) is 4.31. The highest BCUT2D eigenvalue weighted by atomic mass is 127. The zero-order chi connectivity index (χ0) is 22.1. The highest BCUT2D eigenvalue weighted by Crippen LogP contribution is 2.24. The fraction of sp³-hybridized carbons (Fsp3) is 0.333. The topological polar surface area (TPSA) is 72.7 Å². The zero-order valence-corrected chi connectivity index (χ0v) is 21.4. The molecule has 0 saturated heterocycles. The molecular formula is C24H32IN5O2. The first-order valence-electron chi connectivity index (χ1n) is 10.4. The van der Waals surface area contributed by atoms with Gasteiger partial charge >= 0.3 is 0 Å². The number of aliphatic imine (C=N–C) groups is 1. The highest BCUT2D eigenvalue weighted by Gasteiger charge is 2.08. The highest BCUT2D eigenvalue weighted by molar-refractivity contribution is 14.0. The number of hydrogen-bond acceptors (Lipinski definition) is 4. The van der Waals surface area contributed by atoms with Gasteiger partial charge in [0.1, 0.15) is 11.5 Å². The lowest BCUT2D eigenvalue weighted by Crippen LogP contribution is -2.37. The van der Waals surface area contributed by atoms with Crippen molar-refractivity contribution in [2.24, 2.45) is 4.99 Å². The second-order valence-corrected chi connectivity index (χ2v) is 7.15. The number of rotatable bonds is 9. The summed E-state index contributed by atoms with van der Waals surface area (Å²) in [6.07, 6.45) is 4.05. The van der Waals surface area contributed by atoms with Gasteiger partial charge in [-0.25, -0.2) is 4.68 Å². The Balaban J connectivity index is 0.00000363. The summed E-state index contributed by atoms with van der Waals surface area (Å²) in [6.45, 7) is 3.48. The van der Waals surface area contributed by atoms with Gasteiger partial charge in [-0.15, -0.1) is 24.0 Å². The van der Waals surface area contributed by atoms with Gasteiger partial charge in [0.05, 0.1) is 25.6 Å². The lowest BCUT2D eigenvalue weighted by Gasteiger charge is -2.14. The van der Waals surface area contributed by atoms with E-state index >= 15 is 0 Å². The number of para-hydroxylation sites is 1. The summed E-state index contributed by atoms with van der Waals surface area (Å²) in [7, 11) is 5.08. The second-order valence-electron chi connectivity index (χ2n) is 7.15. The van der Waals surface area contributed by atoms with E-state index < -0.39 is 0 Å². The lowest BCUT2D eigenvalue weighted by molar-refractivity contribution is 0.390. The van der Waals surface area contributed by atoms with Crippen LogP contribution in [0.2, 0.25) is 0 Å². The third-order valence-electron chi connectivity index (χ3n) is 5.10. The monoisotopic (exact) mass is 549 g/mol. The van der Waals surface area contributed by atoms with Gasteiger partial charge in [-0.2, -0.15) is 5.10 Å². The molecule has 8 heteroatoms. The van der Waals surface area contributed by atoms with Crippen molar-refractivity contribution in [3.8, 4) is 17.2 Å². The first-order chi connectivity index (χ1) is 15.1. The number of hydrogen-bond donors (Lipinski definition) is 2. The Kier molecular flexibility index (Phi) is 10.3. The molecule has 0 aliphatic carbocycles. The van der Waals surface area contributed by atoms with Crippen LogP contribution in [-0.2, 0) is 13.0 Å². The van der Waals surface area contributed by atoms with E-state index in [0.29, 0.717) is 6.54 Å². The van der Waals surface area contributed by atoms with Crippen molar-refractivity contribution in [1.82, 2.24) is 20.4 Å². The number of aryl methyl sites for hydroxylation is 2. The van der Waals surface area contributed by atoms with E-state index in [4.69, 9.17) is 9.47 Å². The molecule has 0 saturated carbocycles. The van der Waals surface area contributed by atoms with Crippen molar-refractivity contribution >= 4 is 29.9 Å². The molecule has 1 aromatic heterocycles. The predicted octanol–water partition coefficient (Wildman–Crippen LogP) is 4.11. The molecule has 1 heterocycles. The molecule has 0 aliphatic rings. The standard InChI is InChI=1S/C24H31N5O2.HI/c1-18-20(17-29(28-18)21-10-6-5-7-11-21)9-8-14-26-24(25-2)27-16-19-12-13-22(30-3)15-23(19)31-4;/h5-7,10-13,15,17H,8-9,14,16H2,1-4H3,(H2,25,26,27);1H. The third-order valence-corrected chi connectivity index (χ3v) is 5.10. The maximum atomic E-state index is 5.46. The molecule has 7 nitrogen and oxygen atoms in total. The Bertz CT molecular complexity index is 1000. The number of nitrogens with one attached hydrogen (secondary N) is 2. The maximum Gasteiger partial charge on any atom is 0.191 e. The van der Waals surface area contributed by atoms with Crippen LogP contribution in [0, 0.1) is 6.92 Å². The summed E-state index contributed by atoms with van der Waals surface area (Å²) in [5.74, 6) is 2.32. The van der Waals surface area contributed by atoms with Gasteiger partial charge in [-0.1, -0.05) is 18.2 Å². The van der Waals surface area contributed by atoms with Gasteiger partial charge in [0.25, 0.3) is 0 Å². The smallest absolute Gasteiger partial charge is 0.191 e. The number of methoxy groups -OCH3 is 2. The molecule has 3 aromatic rings. The quantitative estimate of drug-likeness (QED) is 0.182. The number of nitrogens with zero attached hydrogens (tertiary/aromatic N) is 3. The van der Waals surface area contributed by atoms with Crippen molar-refractivity contribution in [3.63, 3.8) is 0 Å². The molecule has 32 heavy (non-hydrogen) atoms. The van der Waals surface area contributed by atoms with Gasteiger partial charge in [0.2, 0.25) is 0 Å². The van der Waals surface area contributed by atoms with Crippen molar-refractivity contribution in [1.29, 1.82) is 0 Å².